The third-order valence-corrected chi connectivity index (χ3v) is 5.13. The van der Waals surface area contributed by atoms with Crippen molar-refractivity contribution in [3.63, 3.8) is 0 Å². The maximum Gasteiger partial charge on any atom is 0.343 e. The Hall–Kier alpha value is -2.15. The van der Waals surface area contributed by atoms with Crippen LogP contribution in [0.1, 0.15) is 26.3 Å². The van der Waals surface area contributed by atoms with Crippen molar-refractivity contribution in [3.8, 4) is 5.75 Å². The molecule has 7 heteroatoms. The SMILES string of the molecule is O=C(NCc1cc(Br)cc(Br)c1OC(=O)c1ccc(Cl)cc1)c1ccccc1. The largest absolute Gasteiger partial charge is 0.421 e. The number of nitrogens with one attached hydrogen (secondary N) is 1. The fourth-order valence-corrected chi connectivity index (χ4v) is 3.98. The van der Waals surface area contributed by atoms with Crippen LogP contribution < -0.4 is 10.1 Å². The van der Waals surface area contributed by atoms with Gasteiger partial charge in [-0.15, -0.1) is 0 Å². The van der Waals surface area contributed by atoms with E-state index in [1.54, 1.807) is 60.7 Å². The number of ether oxygens (including phenoxy) is 1. The lowest BCUT2D eigenvalue weighted by atomic mass is 10.1. The van der Waals surface area contributed by atoms with E-state index in [0.29, 0.717) is 31.9 Å². The van der Waals surface area contributed by atoms with Crippen LogP contribution in [-0.2, 0) is 6.54 Å². The van der Waals surface area contributed by atoms with Gasteiger partial charge in [0.2, 0.25) is 0 Å². The molecule has 0 bridgehead atoms. The first-order chi connectivity index (χ1) is 13.4. The van der Waals surface area contributed by atoms with Crippen LogP contribution in [0.2, 0.25) is 5.02 Å². The number of carbonyl (C=O) groups is 2. The standard InChI is InChI=1S/C21H14Br2ClNO3/c22-16-10-15(12-25-20(26)13-4-2-1-3-5-13)19(18(23)11-16)28-21(27)14-6-8-17(24)9-7-14/h1-11H,12H2,(H,25,26). The first kappa shape index (κ1) is 20.6. The fraction of sp³-hybridized carbons (Fsp3) is 0.0476. The molecule has 3 aromatic carbocycles. The number of hydrogen-bond acceptors (Lipinski definition) is 3. The molecule has 4 nitrogen and oxygen atoms in total. The third-order valence-electron chi connectivity index (χ3n) is 3.84. The van der Waals surface area contributed by atoms with Crippen LogP contribution in [0.25, 0.3) is 0 Å². The van der Waals surface area contributed by atoms with Gasteiger partial charge in [-0.25, -0.2) is 4.79 Å². The van der Waals surface area contributed by atoms with Gasteiger partial charge in [0.1, 0.15) is 5.75 Å². The lowest BCUT2D eigenvalue weighted by Crippen LogP contribution is -2.23. The fourth-order valence-electron chi connectivity index (χ4n) is 2.46. The molecule has 0 aliphatic carbocycles. The van der Waals surface area contributed by atoms with Crippen molar-refractivity contribution in [2.75, 3.05) is 0 Å². The molecule has 0 saturated carbocycles. The van der Waals surface area contributed by atoms with Crippen LogP contribution in [0.3, 0.4) is 0 Å². The molecule has 0 saturated heterocycles. The van der Waals surface area contributed by atoms with Gasteiger partial charge in [-0.3, -0.25) is 4.79 Å². The second-order valence-electron chi connectivity index (χ2n) is 5.82. The zero-order valence-electron chi connectivity index (χ0n) is 14.4. The van der Waals surface area contributed by atoms with Gasteiger partial charge < -0.3 is 10.1 Å². The smallest absolute Gasteiger partial charge is 0.343 e. The zero-order chi connectivity index (χ0) is 20.1. The van der Waals surface area contributed by atoms with Crippen molar-refractivity contribution < 1.29 is 14.3 Å². The summed E-state index contributed by atoms with van der Waals surface area (Å²) in [5.41, 5.74) is 1.57. The summed E-state index contributed by atoms with van der Waals surface area (Å²) in [6.45, 7) is 0.189. The minimum atomic E-state index is -0.518. The molecular formula is C21H14Br2ClNO3. The van der Waals surface area contributed by atoms with E-state index in [4.69, 9.17) is 16.3 Å². The molecule has 0 fully saturated rings. The Labute approximate surface area is 184 Å². The zero-order valence-corrected chi connectivity index (χ0v) is 18.3. The normalized spacial score (nSPS) is 10.4. The van der Waals surface area contributed by atoms with Gasteiger partial charge >= 0.3 is 5.97 Å². The van der Waals surface area contributed by atoms with Crippen LogP contribution in [0.15, 0.2) is 75.7 Å². The minimum absolute atomic E-state index is 0.189. The molecule has 0 spiro atoms. The van der Waals surface area contributed by atoms with E-state index in [2.05, 4.69) is 37.2 Å². The highest BCUT2D eigenvalue weighted by atomic mass is 79.9. The van der Waals surface area contributed by atoms with Crippen LogP contribution in [0.4, 0.5) is 0 Å². The first-order valence-corrected chi connectivity index (χ1v) is 10.2. The molecule has 142 valence electrons. The molecule has 28 heavy (non-hydrogen) atoms. The Morgan fingerprint density at radius 1 is 0.929 bits per heavy atom. The molecule has 3 aromatic rings. The van der Waals surface area contributed by atoms with Crippen molar-refractivity contribution in [3.05, 3.63) is 97.4 Å². The van der Waals surface area contributed by atoms with E-state index in [1.165, 1.54) is 0 Å². The number of hydrogen-bond donors (Lipinski definition) is 1. The molecule has 0 atom stereocenters. The van der Waals surface area contributed by atoms with Gasteiger partial charge in [-0.2, -0.15) is 0 Å². The Balaban J connectivity index is 1.80. The highest BCUT2D eigenvalue weighted by Gasteiger charge is 2.17. The average molecular weight is 524 g/mol. The second-order valence-corrected chi connectivity index (χ2v) is 8.03. The Bertz CT molecular complexity index is 1010. The summed E-state index contributed by atoms with van der Waals surface area (Å²) in [5, 5.41) is 3.37. The first-order valence-electron chi connectivity index (χ1n) is 8.23. The Morgan fingerprint density at radius 2 is 1.61 bits per heavy atom. The number of esters is 1. The van der Waals surface area contributed by atoms with Crippen LogP contribution >= 0.6 is 43.5 Å². The third kappa shape index (κ3) is 5.22. The van der Waals surface area contributed by atoms with E-state index in [9.17, 15) is 9.59 Å². The maximum absolute atomic E-state index is 12.5. The van der Waals surface area contributed by atoms with E-state index >= 15 is 0 Å². The highest BCUT2D eigenvalue weighted by molar-refractivity contribution is 9.11. The van der Waals surface area contributed by atoms with Crippen molar-refractivity contribution in [2.45, 2.75) is 6.54 Å². The summed E-state index contributed by atoms with van der Waals surface area (Å²) in [6, 6.07) is 18.9. The topological polar surface area (TPSA) is 55.4 Å². The minimum Gasteiger partial charge on any atom is -0.421 e. The van der Waals surface area contributed by atoms with Crippen LogP contribution in [0, 0.1) is 0 Å². The molecule has 0 unspecified atom stereocenters. The summed E-state index contributed by atoms with van der Waals surface area (Å²) >= 11 is 12.7. The molecule has 1 amide bonds. The average Bonchev–Trinajstić information content (AvgIpc) is 2.69. The Kier molecular flexibility index (Phi) is 6.88. The summed E-state index contributed by atoms with van der Waals surface area (Å²) in [4.78, 5) is 24.8. The predicted octanol–water partition coefficient (Wildman–Crippen LogP) is 6.01. The molecule has 0 aliphatic rings. The molecule has 0 heterocycles. The quantitative estimate of drug-likeness (QED) is 0.329. The number of rotatable bonds is 5. The predicted molar refractivity (Wildman–Crippen MR) is 116 cm³/mol. The molecule has 1 N–H and O–H groups in total. The van der Waals surface area contributed by atoms with Gasteiger partial charge in [0.15, 0.2) is 0 Å². The number of carbonyl (C=O) groups excluding carboxylic acids is 2. The van der Waals surface area contributed by atoms with Crippen LogP contribution in [0.5, 0.6) is 5.75 Å². The lowest BCUT2D eigenvalue weighted by Gasteiger charge is -2.14. The maximum atomic E-state index is 12.5. The summed E-state index contributed by atoms with van der Waals surface area (Å²) in [5.74, 6) is -0.390. The molecule has 3 rings (SSSR count). The van der Waals surface area contributed by atoms with E-state index in [1.807, 2.05) is 6.07 Å². The number of benzene rings is 3. The van der Waals surface area contributed by atoms with Crippen molar-refractivity contribution in [2.24, 2.45) is 0 Å². The monoisotopic (exact) mass is 521 g/mol. The van der Waals surface area contributed by atoms with Crippen molar-refractivity contribution >= 4 is 55.3 Å². The van der Waals surface area contributed by atoms with Gasteiger partial charge in [-0.05, 0) is 64.5 Å². The summed E-state index contributed by atoms with van der Waals surface area (Å²) in [6.07, 6.45) is 0. The van der Waals surface area contributed by atoms with Crippen molar-refractivity contribution in [1.29, 1.82) is 0 Å². The molecule has 0 radical (unpaired) electrons. The summed E-state index contributed by atoms with van der Waals surface area (Å²) in [7, 11) is 0. The van der Waals surface area contributed by atoms with Crippen molar-refractivity contribution in [1.82, 2.24) is 5.32 Å². The second kappa shape index (κ2) is 9.37. The molecule has 0 aromatic heterocycles. The number of amides is 1. The van der Waals surface area contributed by atoms with E-state index in [0.717, 1.165) is 4.47 Å². The van der Waals surface area contributed by atoms with Crippen LogP contribution in [-0.4, -0.2) is 11.9 Å². The molecular weight excluding hydrogens is 509 g/mol. The highest BCUT2D eigenvalue weighted by Crippen LogP contribution is 2.33. The van der Waals surface area contributed by atoms with E-state index in [-0.39, 0.29) is 12.5 Å². The van der Waals surface area contributed by atoms with Gasteiger partial charge in [0.25, 0.3) is 5.91 Å². The Morgan fingerprint density at radius 3 is 2.29 bits per heavy atom. The molecule has 0 aliphatic heterocycles. The van der Waals surface area contributed by atoms with Gasteiger partial charge in [0.05, 0.1) is 10.0 Å². The summed E-state index contributed by atoms with van der Waals surface area (Å²) < 4.78 is 6.97. The van der Waals surface area contributed by atoms with Gasteiger partial charge in [-0.1, -0.05) is 45.7 Å². The van der Waals surface area contributed by atoms with Gasteiger partial charge in [0, 0.05) is 27.2 Å². The lowest BCUT2D eigenvalue weighted by molar-refractivity contribution is 0.0732. The van der Waals surface area contributed by atoms with E-state index < -0.39 is 5.97 Å². The number of halogens is 3.